The summed E-state index contributed by atoms with van der Waals surface area (Å²) in [7, 11) is 0. The molecule has 0 fully saturated rings. The first-order valence-corrected chi connectivity index (χ1v) is 5.58. The highest BCUT2D eigenvalue weighted by Gasteiger charge is 2.06. The van der Waals surface area contributed by atoms with Crippen LogP contribution in [0, 0.1) is 0 Å². The number of aromatic nitrogens is 2. The zero-order valence-electron chi connectivity index (χ0n) is 8.73. The van der Waals surface area contributed by atoms with E-state index < -0.39 is 0 Å². The van der Waals surface area contributed by atoms with Crippen molar-refractivity contribution in [3.05, 3.63) is 46.2 Å². The molecule has 6 heteroatoms. The molecular formula is C11H9Cl2N3O. The Morgan fingerprint density at radius 1 is 1.12 bits per heavy atom. The summed E-state index contributed by atoms with van der Waals surface area (Å²) >= 11 is 11.6. The second kappa shape index (κ2) is 5.31. The van der Waals surface area contributed by atoms with Gasteiger partial charge in [0.1, 0.15) is 5.75 Å². The van der Waals surface area contributed by atoms with Gasteiger partial charge < -0.3 is 10.5 Å². The molecule has 17 heavy (non-hydrogen) atoms. The normalized spacial score (nSPS) is 10.3. The molecule has 0 radical (unpaired) electrons. The zero-order chi connectivity index (χ0) is 12.3. The standard InChI is InChI=1S/C11H9Cl2N3O/c12-8-2-1-7(4-14)10(3-8)17-11-15-5-9(13)6-16-11/h1-3,5-6H,4,14H2. The van der Waals surface area contributed by atoms with Crippen molar-refractivity contribution in [3.63, 3.8) is 0 Å². The van der Waals surface area contributed by atoms with Crippen molar-refractivity contribution < 1.29 is 4.74 Å². The van der Waals surface area contributed by atoms with E-state index >= 15 is 0 Å². The number of rotatable bonds is 3. The van der Waals surface area contributed by atoms with Gasteiger partial charge in [0.05, 0.1) is 17.4 Å². The number of hydrogen-bond acceptors (Lipinski definition) is 4. The largest absolute Gasteiger partial charge is 0.424 e. The van der Waals surface area contributed by atoms with Crippen molar-refractivity contribution in [2.45, 2.75) is 6.54 Å². The molecule has 0 aliphatic heterocycles. The fraction of sp³-hybridized carbons (Fsp3) is 0.0909. The summed E-state index contributed by atoms with van der Waals surface area (Å²) < 4.78 is 5.49. The van der Waals surface area contributed by atoms with Gasteiger partial charge in [-0.25, -0.2) is 9.97 Å². The SMILES string of the molecule is NCc1ccc(Cl)cc1Oc1ncc(Cl)cn1. The first-order valence-electron chi connectivity index (χ1n) is 4.83. The minimum absolute atomic E-state index is 0.200. The van der Waals surface area contributed by atoms with Crippen LogP contribution in [0.4, 0.5) is 0 Å². The average Bonchev–Trinajstić information content (AvgIpc) is 2.32. The first-order chi connectivity index (χ1) is 8.19. The Bertz CT molecular complexity index is 517. The van der Waals surface area contributed by atoms with Gasteiger partial charge in [0, 0.05) is 17.1 Å². The molecule has 0 atom stereocenters. The van der Waals surface area contributed by atoms with Crippen LogP contribution in [0.15, 0.2) is 30.6 Å². The van der Waals surface area contributed by atoms with E-state index in [2.05, 4.69) is 9.97 Å². The van der Waals surface area contributed by atoms with Gasteiger partial charge in [-0.3, -0.25) is 0 Å². The molecule has 0 aliphatic carbocycles. The van der Waals surface area contributed by atoms with Crippen molar-refractivity contribution >= 4 is 23.2 Å². The first kappa shape index (κ1) is 12.1. The number of ether oxygens (including phenoxy) is 1. The number of hydrogen-bond donors (Lipinski definition) is 1. The minimum Gasteiger partial charge on any atom is -0.424 e. The smallest absolute Gasteiger partial charge is 0.321 e. The second-order valence-electron chi connectivity index (χ2n) is 3.24. The van der Waals surface area contributed by atoms with E-state index in [9.17, 15) is 0 Å². The third kappa shape index (κ3) is 3.06. The Kier molecular flexibility index (Phi) is 3.78. The highest BCUT2D eigenvalue weighted by atomic mass is 35.5. The van der Waals surface area contributed by atoms with Crippen molar-refractivity contribution in [1.82, 2.24) is 9.97 Å². The summed E-state index contributed by atoms with van der Waals surface area (Å²) in [5, 5.41) is 1.01. The molecule has 2 aromatic rings. The molecule has 0 spiro atoms. The van der Waals surface area contributed by atoms with Crippen molar-refractivity contribution in [1.29, 1.82) is 0 Å². The maximum Gasteiger partial charge on any atom is 0.321 e. The number of benzene rings is 1. The predicted octanol–water partition coefficient (Wildman–Crippen LogP) is 3.03. The van der Waals surface area contributed by atoms with Gasteiger partial charge in [0.25, 0.3) is 0 Å². The molecule has 0 bridgehead atoms. The summed E-state index contributed by atoms with van der Waals surface area (Å²) in [6.07, 6.45) is 2.91. The van der Waals surface area contributed by atoms with E-state index in [0.29, 0.717) is 22.3 Å². The van der Waals surface area contributed by atoms with Gasteiger partial charge in [0.15, 0.2) is 0 Å². The van der Waals surface area contributed by atoms with Crippen LogP contribution in [0.5, 0.6) is 11.8 Å². The van der Waals surface area contributed by atoms with E-state index in [0.717, 1.165) is 5.56 Å². The van der Waals surface area contributed by atoms with Gasteiger partial charge in [-0.2, -0.15) is 0 Å². The van der Waals surface area contributed by atoms with Crippen molar-refractivity contribution in [2.75, 3.05) is 0 Å². The Balaban J connectivity index is 2.28. The van der Waals surface area contributed by atoms with Crippen LogP contribution in [0.25, 0.3) is 0 Å². The summed E-state index contributed by atoms with van der Waals surface area (Å²) in [5.74, 6) is 0.544. The lowest BCUT2D eigenvalue weighted by Crippen LogP contribution is -2.00. The van der Waals surface area contributed by atoms with Crippen LogP contribution < -0.4 is 10.5 Å². The summed E-state index contributed by atoms with van der Waals surface area (Å²) in [6.45, 7) is 0.347. The predicted molar refractivity (Wildman–Crippen MR) is 66.5 cm³/mol. The lowest BCUT2D eigenvalue weighted by atomic mass is 10.2. The van der Waals surface area contributed by atoms with E-state index in [1.54, 1.807) is 18.2 Å². The monoisotopic (exact) mass is 269 g/mol. The summed E-state index contributed by atoms with van der Waals surface area (Å²) in [4.78, 5) is 7.86. The lowest BCUT2D eigenvalue weighted by molar-refractivity contribution is 0.437. The van der Waals surface area contributed by atoms with Gasteiger partial charge in [-0.15, -0.1) is 0 Å². The van der Waals surface area contributed by atoms with Gasteiger partial charge >= 0.3 is 6.01 Å². The molecular weight excluding hydrogens is 261 g/mol. The molecule has 1 heterocycles. The van der Waals surface area contributed by atoms with E-state index in [1.807, 2.05) is 0 Å². The van der Waals surface area contributed by atoms with Gasteiger partial charge in [0.2, 0.25) is 0 Å². The molecule has 2 rings (SSSR count). The van der Waals surface area contributed by atoms with E-state index in [4.69, 9.17) is 33.7 Å². The second-order valence-corrected chi connectivity index (χ2v) is 4.11. The number of nitrogens with two attached hydrogens (primary N) is 1. The molecule has 4 nitrogen and oxygen atoms in total. The Morgan fingerprint density at radius 2 is 1.82 bits per heavy atom. The molecule has 0 saturated carbocycles. The minimum atomic E-state index is 0.200. The zero-order valence-corrected chi connectivity index (χ0v) is 10.2. The van der Waals surface area contributed by atoms with Crippen LogP contribution >= 0.6 is 23.2 Å². The van der Waals surface area contributed by atoms with Crippen LogP contribution in [0.1, 0.15) is 5.56 Å². The highest BCUT2D eigenvalue weighted by molar-refractivity contribution is 6.30. The van der Waals surface area contributed by atoms with Crippen LogP contribution in [0.3, 0.4) is 0 Å². The van der Waals surface area contributed by atoms with Gasteiger partial charge in [-0.05, 0) is 12.1 Å². The fourth-order valence-electron chi connectivity index (χ4n) is 1.24. The van der Waals surface area contributed by atoms with Crippen molar-refractivity contribution in [2.24, 2.45) is 5.73 Å². The molecule has 0 saturated heterocycles. The molecule has 0 aliphatic rings. The molecule has 2 N–H and O–H groups in total. The average molecular weight is 270 g/mol. The van der Waals surface area contributed by atoms with Crippen LogP contribution in [-0.2, 0) is 6.54 Å². The van der Waals surface area contributed by atoms with Gasteiger partial charge in [-0.1, -0.05) is 29.3 Å². The number of nitrogens with zero attached hydrogens (tertiary/aromatic N) is 2. The molecule has 1 aromatic heterocycles. The van der Waals surface area contributed by atoms with Crippen LogP contribution in [0.2, 0.25) is 10.0 Å². The Hall–Kier alpha value is -1.36. The maximum atomic E-state index is 5.88. The summed E-state index contributed by atoms with van der Waals surface area (Å²) in [6, 6.07) is 5.42. The lowest BCUT2D eigenvalue weighted by Gasteiger charge is -2.08. The Labute approximate surface area is 108 Å². The van der Waals surface area contributed by atoms with Crippen LogP contribution in [-0.4, -0.2) is 9.97 Å². The molecule has 0 unspecified atom stereocenters. The summed E-state index contributed by atoms with van der Waals surface area (Å²) in [5.41, 5.74) is 6.42. The van der Waals surface area contributed by atoms with E-state index in [1.165, 1.54) is 12.4 Å². The third-order valence-electron chi connectivity index (χ3n) is 2.05. The Morgan fingerprint density at radius 3 is 2.47 bits per heavy atom. The number of halogens is 2. The highest BCUT2D eigenvalue weighted by Crippen LogP contribution is 2.26. The molecule has 88 valence electrons. The topological polar surface area (TPSA) is 61.0 Å². The fourth-order valence-corrected chi connectivity index (χ4v) is 1.50. The molecule has 1 aromatic carbocycles. The maximum absolute atomic E-state index is 5.88. The third-order valence-corrected chi connectivity index (χ3v) is 2.48. The quantitative estimate of drug-likeness (QED) is 0.931. The van der Waals surface area contributed by atoms with Crippen molar-refractivity contribution in [3.8, 4) is 11.8 Å². The van der Waals surface area contributed by atoms with E-state index in [-0.39, 0.29) is 6.01 Å². The molecule has 0 amide bonds.